The smallest absolute Gasteiger partial charge is 0.310 e. The van der Waals surface area contributed by atoms with Crippen LogP contribution in [-0.2, 0) is 14.3 Å². The Bertz CT molecular complexity index is 272. The van der Waals surface area contributed by atoms with Crippen molar-refractivity contribution in [3.05, 3.63) is 0 Å². The lowest BCUT2D eigenvalue weighted by atomic mass is 9.77. The minimum atomic E-state index is -0.643. The number of hydrogen-bond donors (Lipinski definition) is 1. The number of nitrogens with zero attached hydrogens (tertiary/aromatic N) is 1. The standard InChI is InChI=1S/C14H27NO4/c1-3-14(13(16)17)6-4-7-15(12-14)8-5-9-19-11-10-18-2/h3-12H2,1-2H3,(H,16,17). The Kier molecular flexibility index (Phi) is 7.34. The minimum Gasteiger partial charge on any atom is -0.481 e. The molecule has 0 aromatic rings. The third kappa shape index (κ3) is 5.09. The van der Waals surface area contributed by atoms with Crippen molar-refractivity contribution in [2.24, 2.45) is 5.41 Å². The van der Waals surface area contributed by atoms with Crippen LogP contribution in [0.1, 0.15) is 32.6 Å². The molecule has 1 aliphatic heterocycles. The number of carboxylic acid groups (broad SMARTS) is 1. The van der Waals surface area contributed by atoms with Crippen molar-refractivity contribution in [1.82, 2.24) is 4.90 Å². The summed E-state index contributed by atoms with van der Waals surface area (Å²) in [4.78, 5) is 13.7. The monoisotopic (exact) mass is 273 g/mol. The van der Waals surface area contributed by atoms with Crippen molar-refractivity contribution in [3.63, 3.8) is 0 Å². The van der Waals surface area contributed by atoms with E-state index in [0.29, 0.717) is 32.8 Å². The van der Waals surface area contributed by atoms with Crippen LogP contribution < -0.4 is 0 Å². The van der Waals surface area contributed by atoms with E-state index >= 15 is 0 Å². The van der Waals surface area contributed by atoms with Gasteiger partial charge in [0.15, 0.2) is 0 Å². The predicted molar refractivity (Wildman–Crippen MR) is 73.3 cm³/mol. The molecular weight excluding hydrogens is 246 g/mol. The fraction of sp³-hybridized carbons (Fsp3) is 0.929. The Morgan fingerprint density at radius 2 is 2.16 bits per heavy atom. The lowest BCUT2D eigenvalue weighted by Gasteiger charge is -2.39. The van der Waals surface area contributed by atoms with Crippen LogP contribution in [0.25, 0.3) is 0 Å². The summed E-state index contributed by atoms with van der Waals surface area (Å²) in [7, 11) is 1.66. The second-order valence-corrected chi connectivity index (χ2v) is 5.28. The molecule has 1 N–H and O–H groups in total. The largest absolute Gasteiger partial charge is 0.481 e. The Morgan fingerprint density at radius 3 is 2.79 bits per heavy atom. The molecule has 1 saturated heterocycles. The first kappa shape index (κ1) is 16.4. The Morgan fingerprint density at radius 1 is 1.37 bits per heavy atom. The van der Waals surface area contributed by atoms with Crippen molar-refractivity contribution < 1.29 is 19.4 Å². The van der Waals surface area contributed by atoms with Gasteiger partial charge in [-0.2, -0.15) is 0 Å². The highest BCUT2D eigenvalue weighted by atomic mass is 16.5. The lowest BCUT2D eigenvalue weighted by Crippen LogP contribution is -2.47. The van der Waals surface area contributed by atoms with Gasteiger partial charge in [0.25, 0.3) is 0 Å². The Hall–Kier alpha value is -0.650. The molecule has 1 atom stereocenters. The molecule has 0 aromatic carbocycles. The third-order valence-electron chi connectivity index (χ3n) is 3.98. The van der Waals surface area contributed by atoms with Crippen LogP contribution in [0.4, 0.5) is 0 Å². The Labute approximate surface area is 115 Å². The molecule has 0 amide bonds. The van der Waals surface area contributed by atoms with E-state index in [1.54, 1.807) is 7.11 Å². The first-order valence-electron chi connectivity index (χ1n) is 7.17. The molecule has 0 aliphatic carbocycles. The molecule has 112 valence electrons. The number of carbonyl (C=O) groups is 1. The molecule has 1 fully saturated rings. The number of ether oxygens (including phenoxy) is 2. The van der Waals surface area contributed by atoms with Crippen molar-refractivity contribution in [3.8, 4) is 0 Å². The van der Waals surface area contributed by atoms with Crippen molar-refractivity contribution in [2.45, 2.75) is 32.6 Å². The van der Waals surface area contributed by atoms with Crippen LogP contribution in [0, 0.1) is 5.41 Å². The van der Waals surface area contributed by atoms with Gasteiger partial charge in [0.1, 0.15) is 0 Å². The average molecular weight is 273 g/mol. The molecule has 1 aliphatic rings. The molecule has 5 heteroatoms. The van der Waals surface area contributed by atoms with Crippen LogP contribution in [-0.4, -0.2) is 62.5 Å². The van der Waals surface area contributed by atoms with Gasteiger partial charge in [0.05, 0.1) is 18.6 Å². The summed E-state index contributed by atoms with van der Waals surface area (Å²) in [5.41, 5.74) is -0.533. The number of aliphatic carboxylic acids is 1. The van der Waals surface area contributed by atoms with E-state index in [0.717, 1.165) is 32.4 Å². The fourth-order valence-electron chi connectivity index (χ4n) is 2.67. The van der Waals surface area contributed by atoms with E-state index < -0.39 is 11.4 Å². The van der Waals surface area contributed by atoms with Gasteiger partial charge < -0.3 is 19.5 Å². The van der Waals surface area contributed by atoms with Gasteiger partial charge in [0.2, 0.25) is 0 Å². The fourth-order valence-corrected chi connectivity index (χ4v) is 2.67. The average Bonchev–Trinajstić information content (AvgIpc) is 2.42. The first-order chi connectivity index (χ1) is 9.14. The van der Waals surface area contributed by atoms with Gasteiger partial charge in [-0.1, -0.05) is 6.92 Å². The number of likely N-dealkylation sites (tertiary alicyclic amines) is 1. The van der Waals surface area contributed by atoms with E-state index in [-0.39, 0.29) is 0 Å². The van der Waals surface area contributed by atoms with Crippen molar-refractivity contribution in [1.29, 1.82) is 0 Å². The molecule has 19 heavy (non-hydrogen) atoms. The van der Waals surface area contributed by atoms with Crippen LogP contribution in [0.2, 0.25) is 0 Å². The van der Waals surface area contributed by atoms with E-state index in [4.69, 9.17) is 9.47 Å². The van der Waals surface area contributed by atoms with E-state index in [1.165, 1.54) is 0 Å². The topological polar surface area (TPSA) is 59.0 Å². The number of piperidine rings is 1. The zero-order valence-electron chi connectivity index (χ0n) is 12.2. The summed E-state index contributed by atoms with van der Waals surface area (Å²) in [5.74, 6) is -0.643. The van der Waals surface area contributed by atoms with E-state index in [9.17, 15) is 9.90 Å². The highest BCUT2D eigenvalue weighted by Crippen LogP contribution is 2.33. The van der Waals surface area contributed by atoms with Gasteiger partial charge in [-0.15, -0.1) is 0 Å². The first-order valence-corrected chi connectivity index (χ1v) is 7.17. The highest BCUT2D eigenvalue weighted by Gasteiger charge is 2.40. The van der Waals surface area contributed by atoms with Crippen molar-refractivity contribution >= 4 is 5.97 Å². The van der Waals surface area contributed by atoms with Crippen molar-refractivity contribution in [2.75, 3.05) is 46.6 Å². The summed E-state index contributed by atoms with van der Waals surface area (Å²) < 4.78 is 10.3. The molecule has 1 rings (SSSR count). The summed E-state index contributed by atoms with van der Waals surface area (Å²) in [6, 6.07) is 0. The van der Waals surface area contributed by atoms with Gasteiger partial charge >= 0.3 is 5.97 Å². The molecular formula is C14H27NO4. The maximum atomic E-state index is 11.4. The predicted octanol–water partition coefficient (Wildman–Crippen LogP) is 1.62. The number of methoxy groups -OCH3 is 1. The second kappa shape index (κ2) is 8.51. The van der Waals surface area contributed by atoms with Gasteiger partial charge in [-0.3, -0.25) is 4.79 Å². The molecule has 5 nitrogen and oxygen atoms in total. The number of hydrogen-bond acceptors (Lipinski definition) is 4. The summed E-state index contributed by atoms with van der Waals surface area (Å²) >= 11 is 0. The molecule has 1 heterocycles. The molecule has 0 radical (unpaired) electrons. The van der Waals surface area contributed by atoms with Crippen LogP contribution >= 0.6 is 0 Å². The van der Waals surface area contributed by atoms with Gasteiger partial charge in [0, 0.05) is 26.8 Å². The zero-order chi connectivity index (χ0) is 14.1. The Balaban J connectivity index is 2.25. The SMILES string of the molecule is CCC1(C(=O)O)CCCN(CCCOCCOC)C1. The molecule has 0 aromatic heterocycles. The summed E-state index contributed by atoms with van der Waals surface area (Å²) in [5, 5.41) is 9.41. The molecule has 0 bridgehead atoms. The second-order valence-electron chi connectivity index (χ2n) is 5.28. The van der Waals surface area contributed by atoms with Gasteiger partial charge in [-0.05, 0) is 32.2 Å². The third-order valence-corrected chi connectivity index (χ3v) is 3.98. The maximum Gasteiger partial charge on any atom is 0.310 e. The zero-order valence-corrected chi connectivity index (χ0v) is 12.2. The normalized spacial score (nSPS) is 24.5. The highest BCUT2D eigenvalue weighted by molar-refractivity contribution is 5.75. The summed E-state index contributed by atoms with van der Waals surface area (Å²) in [6.45, 7) is 6.55. The van der Waals surface area contributed by atoms with Crippen LogP contribution in [0.5, 0.6) is 0 Å². The molecule has 0 spiro atoms. The van der Waals surface area contributed by atoms with E-state index in [2.05, 4.69) is 4.90 Å². The number of carboxylic acids is 1. The summed E-state index contributed by atoms with van der Waals surface area (Å²) in [6.07, 6.45) is 3.44. The number of rotatable bonds is 9. The van der Waals surface area contributed by atoms with Crippen LogP contribution in [0.3, 0.4) is 0 Å². The lowest BCUT2D eigenvalue weighted by molar-refractivity contribution is -0.153. The van der Waals surface area contributed by atoms with Gasteiger partial charge in [-0.25, -0.2) is 0 Å². The quantitative estimate of drug-likeness (QED) is 0.647. The van der Waals surface area contributed by atoms with E-state index in [1.807, 2.05) is 6.92 Å². The molecule has 0 saturated carbocycles. The van der Waals surface area contributed by atoms with Crippen LogP contribution in [0.15, 0.2) is 0 Å². The minimum absolute atomic E-state index is 0.533. The molecule has 1 unspecified atom stereocenters. The maximum absolute atomic E-state index is 11.4.